The van der Waals surface area contributed by atoms with Crippen molar-refractivity contribution >= 4 is 17.2 Å². The number of anilines is 1. The van der Waals surface area contributed by atoms with Gasteiger partial charge in [0, 0.05) is 43.8 Å². The molecule has 4 heterocycles. The van der Waals surface area contributed by atoms with Crippen molar-refractivity contribution in [3.05, 3.63) is 54.2 Å². The number of pyridine rings is 2. The van der Waals surface area contributed by atoms with Crippen LogP contribution in [0, 0.1) is 0 Å². The Labute approximate surface area is 157 Å². The average Bonchev–Trinajstić information content (AvgIpc) is 3.12. The van der Waals surface area contributed by atoms with Crippen molar-refractivity contribution < 1.29 is 14.3 Å². The number of fused-ring (bicyclic) bond motifs is 1. The second-order valence-electron chi connectivity index (χ2n) is 6.47. The lowest BCUT2D eigenvalue weighted by Gasteiger charge is -2.19. The molecule has 1 aliphatic heterocycles. The van der Waals surface area contributed by atoms with Crippen molar-refractivity contribution in [1.29, 1.82) is 0 Å². The van der Waals surface area contributed by atoms with Crippen molar-refractivity contribution in [3.63, 3.8) is 0 Å². The lowest BCUT2D eigenvalue weighted by atomic mass is 9.97. The summed E-state index contributed by atoms with van der Waals surface area (Å²) >= 11 is 0. The maximum Gasteiger partial charge on any atom is 0.274 e. The van der Waals surface area contributed by atoms with Gasteiger partial charge in [-0.2, -0.15) is 0 Å². The number of amides is 1. The van der Waals surface area contributed by atoms with E-state index >= 15 is 0 Å². The largest absolute Gasteiger partial charge is 0.491 e. The summed E-state index contributed by atoms with van der Waals surface area (Å²) in [6, 6.07) is 7.09. The molecule has 0 spiro atoms. The zero-order chi connectivity index (χ0) is 18.6. The summed E-state index contributed by atoms with van der Waals surface area (Å²) in [5, 5.41) is 2.90. The highest BCUT2D eigenvalue weighted by molar-refractivity contribution is 6.03. The minimum Gasteiger partial charge on any atom is -0.491 e. The molecule has 3 aromatic rings. The van der Waals surface area contributed by atoms with E-state index in [1.165, 1.54) is 0 Å². The van der Waals surface area contributed by atoms with Crippen LogP contribution in [0.2, 0.25) is 0 Å². The summed E-state index contributed by atoms with van der Waals surface area (Å²) in [5.41, 5.74) is 2.80. The highest BCUT2D eigenvalue weighted by Gasteiger charge is 2.20. The van der Waals surface area contributed by atoms with Gasteiger partial charge in [-0.25, -0.2) is 4.98 Å². The van der Waals surface area contributed by atoms with Crippen molar-refractivity contribution in [2.75, 3.05) is 25.1 Å². The second-order valence-corrected chi connectivity index (χ2v) is 6.47. The molecule has 1 amide bonds. The molecule has 3 aromatic heterocycles. The number of nitrogens with one attached hydrogen (secondary N) is 1. The van der Waals surface area contributed by atoms with Crippen molar-refractivity contribution in [2.24, 2.45) is 0 Å². The molecule has 27 heavy (non-hydrogen) atoms. The number of rotatable bonds is 5. The summed E-state index contributed by atoms with van der Waals surface area (Å²) in [4.78, 5) is 21.3. The molecule has 0 aromatic carbocycles. The summed E-state index contributed by atoms with van der Waals surface area (Å²) in [6.07, 6.45) is 7.42. The van der Waals surface area contributed by atoms with Crippen molar-refractivity contribution in [3.8, 4) is 5.75 Å². The Hall–Kier alpha value is -2.93. The SMILES string of the molecule is CCOc1cc2nc(C3CCOCC3)cn2cc1NC(=O)c1ccccn1. The predicted molar refractivity (Wildman–Crippen MR) is 101 cm³/mol. The van der Waals surface area contributed by atoms with E-state index in [1.54, 1.807) is 24.4 Å². The van der Waals surface area contributed by atoms with E-state index in [2.05, 4.69) is 10.3 Å². The third-order valence-corrected chi connectivity index (χ3v) is 4.66. The molecule has 0 aliphatic carbocycles. The van der Waals surface area contributed by atoms with Gasteiger partial charge in [0.05, 0.1) is 12.3 Å². The van der Waals surface area contributed by atoms with E-state index in [9.17, 15) is 4.79 Å². The van der Waals surface area contributed by atoms with Gasteiger partial charge >= 0.3 is 0 Å². The summed E-state index contributed by atoms with van der Waals surface area (Å²) in [6.45, 7) is 3.95. The molecule has 140 valence electrons. The van der Waals surface area contributed by atoms with E-state index in [-0.39, 0.29) is 5.91 Å². The molecule has 1 saturated heterocycles. The van der Waals surface area contributed by atoms with E-state index in [4.69, 9.17) is 14.5 Å². The molecule has 0 atom stereocenters. The van der Waals surface area contributed by atoms with Gasteiger partial charge in [0.15, 0.2) is 0 Å². The normalized spacial score (nSPS) is 15.0. The Bertz CT molecular complexity index is 933. The van der Waals surface area contributed by atoms with Crippen LogP contribution in [0.5, 0.6) is 5.75 Å². The fourth-order valence-electron chi connectivity index (χ4n) is 3.28. The third kappa shape index (κ3) is 3.78. The zero-order valence-electron chi connectivity index (χ0n) is 15.2. The topological polar surface area (TPSA) is 77.8 Å². The van der Waals surface area contributed by atoms with Gasteiger partial charge in [0.25, 0.3) is 5.91 Å². The van der Waals surface area contributed by atoms with Gasteiger partial charge in [-0.05, 0) is 31.9 Å². The van der Waals surface area contributed by atoms with Gasteiger partial charge < -0.3 is 19.2 Å². The fourth-order valence-corrected chi connectivity index (χ4v) is 3.28. The van der Waals surface area contributed by atoms with Crippen molar-refractivity contribution in [2.45, 2.75) is 25.7 Å². The number of carbonyl (C=O) groups excluding carboxylic acids is 1. The standard InChI is InChI=1S/C20H22N4O3/c1-2-27-18-11-19-22-16(14-6-9-26-10-7-14)12-24(19)13-17(18)23-20(25)15-5-3-4-8-21-15/h3-5,8,11-14H,2,6-7,9-10H2,1H3,(H,23,25). The number of nitrogens with zero attached hydrogens (tertiary/aromatic N) is 3. The molecular weight excluding hydrogens is 344 g/mol. The Morgan fingerprint density at radius 3 is 2.93 bits per heavy atom. The summed E-state index contributed by atoms with van der Waals surface area (Å²) in [5.74, 6) is 0.722. The molecule has 0 radical (unpaired) electrons. The molecule has 1 fully saturated rings. The van der Waals surface area contributed by atoms with E-state index in [0.29, 0.717) is 29.7 Å². The minimum absolute atomic E-state index is 0.277. The van der Waals surface area contributed by atoms with Gasteiger partial charge in [0.2, 0.25) is 0 Å². The highest BCUT2D eigenvalue weighted by atomic mass is 16.5. The van der Waals surface area contributed by atoms with Crippen LogP contribution in [0.3, 0.4) is 0 Å². The van der Waals surface area contributed by atoms with Crippen LogP contribution < -0.4 is 10.1 Å². The molecule has 0 bridgehead atoms. The second kappa shape index (κ2) is 7.75. The molecule has 7 nitrogen and oxygen atoms in total. The van der Waals surface area contributed by atoms with Crippen LogP contribution in [-0.4, -0.2) is 40.1 Å². The number of ether oxygens (including phenoxy) is 2. The zero-order valence-corrected chi connectivity index (χ0v) is 15.2. The van der Waals surface area contributed by atoms with Gasteiger partial charge in [-0.15, -0.1) is 0 Å². The maximum absolute atomic E-state index is 12.5. The molecule has 4 rings (SSSR count). The monoisotopic (exact) mass is 366 g/mol. The molecule has 0 unspecified atom stereocenters. The van der Waals surface area contributed by atoms with Crippen LogP contribution >= 0.6 is 0 Å². The van der Waals surface area contributed by atoms with Gasteiger partial charge in [-0.3, -0.25) is 9.78 Å². The number of hydrogen-bond acceptors (Lipinski definition) is 5. The number of carbonyl (C=O) groups is 1. The number of imidazole rings is 1. The summed E-state index contributed by atoms with van der Waals surface area (Å²) < 4.78 is 13.1. The lowest BCUT2D eigenvalue weighted by molar-refractivity contribution is 0.0846. The Kier molecular flexibility index (Phi) is 5.02. The first kappa shape index (κ1) is 17.5. The molecule has 0 saturated carbocycles. The van der Waals surface area contributed by atoms with Crippen LogP contribution in [0.25, 0.3) is 5.65 Å². The Morgan fingerprint density at radius 2 is 2.19 bits per heavy atom. The Balaban J connectivity index is 1.66. The first-order valence-electron chi connectivity index (χ1n) is 9.20. The lowest BCUT2D eigenvalue weighted by Crippen LogP contribution is -2.14. The predicted octanol–water partition coefficient (Wildman–Crippen LogP) is 3.27. The quantitative estimate of drug-likeness (QED) is 0.750. The van der Waals surface area contributed by atoms with E-state index in [0.717, 1.165) is 37.4 Å². The van der Waals surface area contributed by atoms with Gasteiger partial charge in [0.1, 0.15) is 22.8 Å². The van der Waals surface area contributed by atoms with E-state index in [1.807, 2.05) is 29.8 Å². The molecular formula is C20H22N4O3. The number of aromatic nitrogens is 3. The van der Waals surface area contributed by atoms with Crippen LogP contribution in [0.1, 0.15) is 41.9 Å². The first-order chi connectivity index (χ1) is 13.2. The van der Waals surface area contributed by atoms with E-state index < -0.39 is 0 Å². The fraction of sp³-hybridized carbons (Fsp3) is 0.350. The molecule has 7 heteroatoms. The first-order valence-corrected chi connectivity index (χ1v) is 9.20. The minimum atomic E-state index is -0.277. The van der Waals surface area contributed by atoms with Crippen molar-refractivity contribution in [1.82, 2.24) is 14.4 Å². The smallest absolute Gasteiger partial charge is 0.274 e. The number of hydrogen-bond donors (Lipinski definition) is 1. The highest BCUT2D eigenvalue weighted by Crippen LogP contribution is 2.30. The third-order valence-electron chi connectivity index (χ3n) is 4.66. The van der Waals surface area contributed by atoms with Crippen LogP contribution in [0.4, 0.5) is 5.69 Å². The van der Waals surface area contributed by atoms with Crippen LogP contribution in [0.15, 0.2) is 42.9 Å². The molecule has 1 aliphatic rings. The van der Waals surface area contributed by atoms with Gasteiger partial charge in [-0.1, -0.05) is 6.07 Å². The van der Waals surface area contributed by atoms with Crippen LogP contribution in [-0.2, 0) is 4.74 Å². The average molecular weight is 366 g/mol. The summed E-state index contributed by atoms with van der Waals surface area (Å²) in [7, 11) is 0. The maximum atomic E-state index is 12.5. The molecule has 1 N–H and O–H groups in total. The Morgan fingerprint density at radius 1 is 1.33 bits per heavy atom.